The fourth-order valence-electron chi connectivity index (χ4n) is 1.26. The van der Waals surface area contributed by atoms with Gasteiger partial charge in [0.05, 0.1) is 7.11 Å². The topological polar surface area (TPSA) is 46.5 Å². The molecule has 76 valence electrons. The molecule has 0 atom stereocenters. The Kier molecular flexibility index (Phi) is 3.36. The Bertz CT molecular complexity index is 361. The van der Waals surface area contributed by atoms with Crippen molar-refractivity contribution in [2.24, 2.45) is 0 Å². The Hall–Kier alpha value is -1.22. The van der Waals surface area contributed by atoms with Gasteiger partial charge in [-0.15, -0.1) is 0 Å². The first-order valence-corrected chi connectivity index (χ1v) is 4.58. The van der Waals surface area contributed by atoms with Gasteiger partial charge in [-0.25, -0.2) is 0 Å². The number of phenols is 1. The first-order valence-electron chi connectivity index (χ1n) is 4.20. The Morgan fingerprint density at radius 3 is 2.64 bits per heavy atom. The van der Waals surface area contributed by atoms with Crippen LogP contribution in [0.5, 0.6) is 11.5 Å². The summed E-state index contributed by atoms with van der Waals surface area (Å²) in [7, 11) is 1.42. The number of benzene rings is 1. The van der Waals surface area contributed by atoms with E-state index < -0.39 is 5.24 Å². The van der Waals surface area contributed by atoms with Crippen LogP contribution < -0.4 is 4.74 Å². The molecule has 0 fully saturated rings. The Morgan fingerprint density at radius 2 is 2.21 bits per heavy atom. The summed E-state index contributed by atoms with van der Waals surface area (Å²) < 4.78 is 4.92. The molecule has 0 bridgehead atoms. The van der Waals surface area contributed by atoms with Gasteiger partial charge in [-0.3, -0.25) is 4.79 Å². The van der Waals surface area contributed by atoms with E-state index in [-0.39, 0.29) is 11.3 Å². The summed E-state index contributed by atoms with van der Waals surface area (Å²) in [6, 6.07) is 3.33. The van der Waals surface area contributed by atoms with Crippen molar-refractivity contribution in [3.63, 3.8) is 0 Å². The van der Waals surface area contributed by atoms with E-state index in [0.717, 1.165) is 0 Å². The number of hydrogen-bond acceptors (Lipinski definition) is 3. The maximum atomic E-state index is 11.0. The molecule has 0 aliphatic heterocycles. The van der Waals surface area contributed by atoms with Crippen molar-refractivity contribution < 1.29 is 14.6 Å². The standard InChI is InChI=1S/C10H11ClO3/c1-3-6-4-5-7(14-2)8(9(6)12)10(11)13/h4-5,12H,3H2,1-2H3. The molecule has 0 aliphatic rings. The van der Waals surface area contributed by atoms with E-state index in [1.165, 1.54) is 7.11 Å². The molecule has 0 aliphatic carbocycles. The molecule has 1 N–H and O–H groups in total. The van der Waals surface area contributed by atoms with Crippen LogP contribution in [-0.2, 0) is 6.42 Å². The number of carbonyl (C=O) groups excluding carboxylic acids is 1. The molecule has 14 heavy (non-hydrogen) atoms. The summed E-state index contributed by atoms with van der Waals surface area (Å²) in [6.45, 7) is 1.88. The summed E-state index contributed by atoms with van der Waals surface area (Å²) in [5.41, 5.74) is 0.711. The first kappa shape index (κ1) is 10.9. The van der Waals surface area contributed by atoms with Crippen molar-refractivity contribution >= 4 is 16.8 Å². The first-order chi connectivity index (χ1) is 6.61. The van der Waals surface area contributed by atoms with E-state index in [4.69, 9.17) is 16.3 Å². The van der Waals surface area contributed by atoms with Gasteiger partial charge in [0.15, 0.2) is 0 Å². The van der Waals surface area contributed by atoms with Gasteiger partial charge in [0.2, 0.25) is 0 Å². The van der Waals surface area contributed by atoms with E-state index >= 15 is 0 Å². The molecule has 4 heteroatoms. The van der Waals surface area contributed by atoms with Crippen LogP contribution in [0, 0.1) is 0 Å². The summed E-state index contributed by atoms with van der Waals surface area (Å²) in [5, 5.41) is 8.97. The molecule has 0 saturated carbocycles. The van der Waals surface area contributed by atoms with Crippen molar-refractivity contribution in [3.05, 3.63) is 23.3 Å². The minimum Gasteiger partial charge on any atom is -0.507 e. The van der Waals surface area contributed by atoms with Crippen LogP contribution in [0.4, 0.5) is 0 Å². The van der Waals surface area contributed by atoms with E-state index in [1.54, 1.807) is 12.1 Å². The van der Waals surface area contributed by atoms with Crippen molar-refractivity contribution in [1.29, 1.82) is 0 Å². The fourth-order valence-corrected chi connectivity index (χ4v) is 1.44. The largest absolute Gasteiger partial charge is 0.507 e. The second kappa shape index (κ2) is 4.33. The minimum absolute atomic E-state index is 0.0357. The Balaban J connectivity index is 3.39. The molecule has 0 heterocycles. The number of ether oxygens (including phenoxy) is 1. The molecule has 0 amide bonds. The molecule has 0 aromatic heterocycles. The lowest BCUT2D eigenvalue weighted by Crippen LogP contribution is -1.98. The third-order valence-electron chi connectivity index (χ3n) is 2.02. The SMILES string of the molecule is CCc1ccc(OC)c(C(=O)Cl)c1O. The predicted octanol–water partition coefficient (Wildman–Crippen LogP) is 2.34. The summed E-state index contributed by atoms with van der Waals surface area (Å²) in [6.07, 6.45) is 0.632. The third kappa shape index (κ3) is 1.82. The van der Waals surface area contributed by atoms with Gasteiger partial charge < -0.3 is 9.84 Å². The molecule has 0 spiro atoms. The number of methoxy groups -OCH3 is 1. The zero-order valence-corrected chi connectivity index (χ0v) is 8.76. The third-order valence-corrected chi connectivity index (χ3v) is 2.21. The van der Waals surface area contributed by atoms with E-state index in [1.807, 2.05) is 6.92 Å². The molecule has 3 nitrogen and oxygen atoms in total. The normalized spacial score (nSPS) is 9.93. The van der Waals surface area contributed by atoms with Crippen LogP contribution in [0.25, 0.3) is 0 Å². The summed E-state index contributed by atoms with van der Waals surface area (Å²) >= 11 is 5.34. The van der Waals surface area contributed by atoms with Crippen molar-refractivity contribution in [2.45, 2.75) is 13.3 Å². The lowest BCUT2D eigenvalue weighted by molar-refractivity contribution is 0.107. The zero-order valence-electron chi connectivity index (χ0n) is 8.00. The van der Waals surface area contributed by atoms with Gasteiger partial charge in [0, 0.05) is 0 Å². The average molecular weight is 215 g/mol. The van der Waals surface area contributed by atoms with Crippen LogP contribution >= 0.6 is 11.6 Å². The summed E-state index contributed by atoms with van der Waals surface area (Å²) in [4.78, 5) is 11.0. The highest BCUT2D eigenvalue weighted by atomic mass is 35.5. The van der Waals surface area contributed by atoms with Gasteiger partial charge in [0.25, 0.3) is 5.24 Å². The monoisotopic (exact) mass is 214 g/mol. The van der Waals surface area contributed by atoms with Crippen molar-refractivity contribution in [1.82, 2.24) is 0 Å². The highest BCUT2D eigenvalue weighted by Gasteiger charge is 2.17. The molecular formula is C10H11ClO3. The van der Waals surface area contributed by atoms with Crippen LogP contribution in [0.15, 0.2) is 12.1 Å². The highest BCUT2D eigenvalue weighted by Crippen LogP contribution is 2.32. The van der Waals surface area contributed by atoms with E-state index in [0.29, 0.717) is 17.7 Å². The Morgan fingerprint density at radius 1 is 1.57 bits per heavy atom. The van der Waals surface area contributed by atoms with E-state index in [9.17, 15) is 9.90 Å². The highest BCUT2D eigenvalue weighted by molar-refractivity contribution is 6.68. The quantitative estimate of drug-likeness (QED) is 0.786. The molecule has 0 radical (unpaired) electrons. The number of aryl methyl sites for hydroxylation is 1. The maximum absolute atomic E-state index is 11.0. The number of hydrogen-bond donors (Lipinski definition) is 1. The van der Waals surface area contributed by atoms with Crippen LogP contribution in [0.1, 0.15) is 22.8 Å². The van der Waals surface area contributed by atoms with Gasteiger partial charge >= 0.3 is 0 Å². The molecule has 1 rings (SSSR count). The van der Waals surface area contributed by atoms with Crippen molar-refractivity contribution in [2.75, 3.05) is 7.11 Å². The number of aromatic hydroxyl groups is 1. The number of carbonyl (C=O) groups is 1. The van der Waals surface area contributed by atoms with Gasteiger partial charge in [-0.1, -0.05) is 13.0 Å². The lowest BCUT2D eigenvalue weighted by Gasteiger charge is -2.09. The smallest absolute Gasteiger partial charge is 0.259 e. The Labute approximate surface area is 87.3 Å². The number of phenolic OH excluding ortho intramolecular Hbond substituents is 1. The number of rotatable bonds is 3. The number of halogens is 1. The second-order valence-corrected chi connectivity index (χ2v) is 3.12. The summed E-state index contributed by atoms with van der Waals surface area (Å²) in [5.74, 6) is 0.201. The van der Waals surface area contributed by atoms with Crippen LogP contribution in [0.3, 0.4) is 0 Å². The van der Waals surface area contributed by atoms with E-state index in [2.05, 4.69) is 0 Å². The van der Waals surface area contributed by atoms with Crippen LogP contribution in [-0.4, -0.2) is 17.5 Å². The van der Waals surface area contributed by atoms with Gasteiger partial charge in [-0.2, -0.15) is 0 Å². The molecule has 0 saturated heterocycles. The zero-order chi connectivity index (χ0) is 10.7. The van der Waals surface area contributed by atoms with Crippen molar-refractivity contribution in [3.8, 4) is 11.5 Å². The average Bonchev–Trinajstić information content (AvgIpc) is 2.16. The molecular weight excluding hydrogens is 204 g/mol. The molecule has 1 aromatic carbocycles. The fraction of sp³-hybridized carbons (Fsp3) is 0.300. The molecule has 0 unspecified atom stereocenters. The lowest BCUT2D eigenvalue weighted by atomic mass is 10.1. The second-order valence-electron chi connectivity index (χ2n) is 2.78. The van der Waals surface area contributed by atoms with Crippen LogP contribution in [0.2, 0.25) is 0 Å². The minimum atomic E-state index is -0.713. The predicted molar refractivity (Wildman–Crippen MR) is 54.2 cm³/mol. The molecule has 1 aromatic rings. The maximum Gasteiger partial charge on any atom is 0.259 e. The van der Waals surface area contributed by atoms with Gasteiger partial charge in [-0.05, 0) is 29.7 Å². The van der Waals surface area contributed by atoms with Gasteiger partial charge in [0.1, 0.15) is 17.1 Å².